The summed E-state index contributed by atoms with van der Waals surface area (Å²) in [6.45, 7) is 1.87. The van der Waals surface area contributed by atoms with Crippen molar-refractivity contribution in [2.75, 3.05) is 24.7 Å². The zero-order valence-electron chi connectivity index (χ0n) is 12.7. The van der Waals surface area contributed by atoms with Crippen LogP contribution in [0.25, 0.3) is 0 Å². The van der Waals surface area contributed by atoms with Gasteiger partial charge in [0.25, 0.3) is 0 Å². The molecule has 22 heavy (non-hydrogen) atoms. The third-order valence-electron chi connectivity index (χ3n) is 2.88. The summed E-state index contributed by atoms with van der Waals surface area (Å²) in [6, 6.07) is 3.93. The number of benzene rings is 1. The van der Waals surface area contributed by atoms with Crippen molar-refractivity contribution in [1.82, 2.24) is 0 Å². The summed E-state index contributed by atoms with van der Waals surface area (Å²) in [4.78, 5) is 23.2. The number of hydrogen-bond acceptors (Lipinski definition) is 6. The molecule has 0 unspecified atom stereocenters. The molecular formula is C14H19NO6S. The highest BCUT2D eigenvalue weighted by molar-refractivity contribution is 7.92. The Kier molecular flexibility index (Phi) is 6.36. The lowest BCUT2D eigenvalue weighted by Crippen LogP contribution is -2.19. The lowest BCUT2D eigenvalue weighted by molar-refractivity contribution is 0.0587. The number of hydrogen-bond donors (Lipinski definition) is 1. The van der Waals surface area contributed by atoms with Gasteiger partial charge in [0.05, 0.1) is 36.8 Å². The zero-order chi connectivity index (χ0) is 16.8. The Bertz CT molecular complexity index is 653. The van der Waals surface area contributed by atoms with Crippen LogP contribution in [0.2, 0.25) is 0 Å². The molecule has 0 saturated heterocycles. The van der Waals surface area contributed by atoms with Crippen molar-refractivity contribution in [3.63, 3.8) is 0 Å². The van der Waals surface area contributed by atoms with Crippen LogP contribution in [0.3, 0.4) is 0 Å². The van der Waals surface area contributed by atoms with Gasteiger partial charge in [-0.3, -0.25) is 4.72 Å². The number of carbonyl (C=O) groups is 2. The van der Waals surface area contributed by atoms with Crippen molar-refractivity contribution in [3.8, 4) is 0 Å². The Morgan fingerprint density at radius 2 is 1.77 bits per heavy atom. The Labute approximate surface area is 129 Å². The van der Waals surface area contributed by atoms with Crippen LogP contribution in [0.5, 0.6) is 0 Å². The number of rotatable bonds is 7. The molecule has 7 nitrogen and oxygen atoms in total. The highest BCUT2D eigenvalue weighted by Crippen LogP contribution is 2.21. The Morgan fingerprint density at radius 1 is 1.14 bits per heavy atom. The van der Waals surface area contributed by atoms with Crippen molar-refractivity contribution in [2.24, 2.45) is 0 Å². The minimum atomic E-state index is -3.62. The number of sulfonamides is 1. The van der Waals surface area contributed by atoms with E-state index in [4.69, 9.17) is 0 Å². The van der Waals surface area contributed by atoms with Gasteiger partial charge in [-0.2, -0.15) is 0 Å². The van der Waals surface area contributed by atoms with Gasteiger partial charge in [-0.15, -0.1) is 0 Å². The zero-order valence-corrected chi connectivity index (χ0v) is 13.5. The lowest BCUT2D eigenvalue weighted by Gasteiger charge is -2.12. The van der Waals surface area contributed by atoms with Gasteiger partial charge in [0, 0.05) is 0 Å². The first kappa shape index (κ1) is 18.0. The van der Waals surface area contributed by atoms with Crippen molar-refractivity contribution < 1.29 is 27.5 Å². The number of ether oxygens (including phenoxy) is 2. The summed E-state index contributed by atoms with van der Waals surface area (Å²) < 4.78 is 35.5. The minimum absolute atomic E-state index is 0.00847. The highest BCUT2D eigenvalue weighted by atomic mass is 32.2. The Balaban J connectivity index is 3.22. The number of unbranched alkanes of at least 4 members (excludes halogenated alkanes) is 1. The molecule has 8 heteroatoms. The van der Waals surface area contributed by atoms with Gasteiger partial charge in [-0.1, -0.05) is 13.3 Å². The maximum atomic E-state index is 12.0. The average molecular weight is 329 g/mol. The van der Waals surface area contributed by atoms with Crippen LogP contribution < -0.4 is 4.72 Å². The molecule has 0 radical (unpaired) electrons. The summed E-state index contributed by atoms with van der Waals surface area (Å²) >= 11 is 0. The minimum Gasteiger partial charge on any atom is -0.465 e. The molecule has 0 saturated carbocycles. The number of methoxy groups -OCH3 is 2. The predicted molar refractivity (Wildman–Crippen MR) is 81.4 cm³/mol. The molecule has 0 atom stereocenters. The Morgan fingerprint density at radius 3 is 2.32 bits per heavy atom. The SMILES string of the molecule is CCCCS(=O)(=O)Nc1cc(C(=O)OC)ccc1C(=O)OC. The first-order valence-corrected chi connectivity index (χ1v) is 8.31. The summed E-state index contributed by atoms with van der Waals surface area (Å²) in [5.74, 6) is -1.41. The van der Waals surface area contributed by atoms with E-state index in [1.807, 2.05) is 6.92 Å². The number of esters is 2. The molecule has 0 heterocycles. The first-order chi connectivity index (χ1) is 10.3. The van der Waals surface area contributed by atoms with E-state index in [9.17, 15) is 18.0 Å². The second-order valence-corrected chi connectivity index (χ2v) is 6.36. The maximum Gasteiger partial charge on any atom is 0.339 e. The highest BCUT2D eigenvalue weighted by Gasteiger charge is 2.19. The second kappa shape index (κ2) is 7.79. The van der Waals surface area contributed by atoms with Crippen molar-refractivity contribution in [2.45, 2.75) is 19.8 Å². The van der Waals surface area contributed by atoms with Gasteiger partial charge in [-0.25, -0.2) is 18.0 Å². The van der Waals surface area contributed by atoms with Gasteiger partial charge in [0.2, 0.25) is 10.0 Å². The molecule has 0 aromatic heterocycles. The molecule has 122 valence electrons. The normalized spacial score (nSPS) is 10.9. The van der Waals surface area contributed by atoms with Crippen LogP contribution >= 0.6 is 0 Å². The van der Waals surface area contributed by atoms with Crippen LogP contribution in [-0.4, -0.2) is 40.3 Å². The van der Waals surface area contributed by atoms with Crippen molar-refractivity contribution >= 4 is 27.6 Å². The van der Waals surface area contributed by atoms with Crippen LogP contribution in [0.1, 0.15) is 40.5 Å². The largest absolute Gasteiger partial charge is 0.465 e. The number of carbonyl (C=O) groups excluding carboxylic acids is 2. The van der Waals surface area contributed by atoms with Crippen LogP contribution in [0.15, 0.2) is 18.2 Å². The Hall–Kier alpha value is -2.09. The molecule has 1 rings (SSSR count). The predicted octanol–water partition coefficient (Wildman–Crippen LogP) is 1.80. The van der Waals surface area contributed by atoms with E-state index in [0.29, 0.717) is 12.8 Å². The fourth-order valence-corrected chi connectivity index (χ4v) is 2.99. The molecule has 1 aromatic rings. The smallest absolute Gasteiger partial charge is 0.339 e. The van der Waals surface area contributed by atoms with Crippen LogP contribution in [-0.2, 0) is 19.5 Å². The summed E-state index contributed by atoms with van der Waals surface area (Å²) in [5.41, 5.74) is 0.143. The molecular weight excluding hydrogens is 310 g/mol. The maximum absolute atomic E-state index is 12.0. The van der Waals surface area contributed by atoms with Gasteiger partial charge < -0.3 is 9.47 Å². The van der Waals surface area contributed by atoms with Gasteiger partial charge in [0.1, 0.15) is 0 Å². The lowest BCUT2D eigenvalue weighted by atomic mass is 10.1. The van der Waals surface area contributed by atoms with Crippen molar-refractivity contribution in [3.05, 3.63) is 29.3 Å². The van der Waals surface area contributed by atoms with E-state index in [2.05, 4.69) is 14.2 Å². The first-order valence-electron chi connectivity index (χ1n) is 6.65. The quantitative estimate of drug-likeness (QED) is 0.766. The van der Waals surface area contributed by atoms with Crippen LogP contribution in [0.4, 0.5) is 5.69 Å². The van der Waals surface area contributed by atoms with E-state index < -0.39 is 22.0 Å². The number of anilines is 1. The van der Waals surface area contributed by atoms with E-state index in [-0.39, 0.29) is 22.6 Å². The summed E-state index contributed by atoms with van der Waals surface area (Å²) in [7, 11) is -1.22. The van der Waals surface area contributed by atoms with Gasteiger partial charge in [-0.05, 0) is 24.6 Å². The van der Waals surface area contributed by atoms with E-state index >= 15 is 0 Å². The molecule has 0 aliphatic carbocycles. The second-order valence-electron chi connectivity index (χ2n) is 4.52. The summed E-state index contributed by atoms with van der Waals surface area (Å²) in [6.07, 6.45) is 1.20. The average Bonchev–Trinajstić information content (AvgIpc) is 2.51. The fourth-order valence-electron chi connectivity index (χ4n) is 1.71. The number of nitrogens with one attached hydrogen (secondary N) is 1. The molecule has 0 spiro atoms. The third kappa shape index (κ3) is 4.73. The monoisotopic (exact) mass is 329 g/mol. The van der Waals surface area contributed by atoms with E-state index in [0.717, 1.165) is 0 Å². The molecule has 0 aliphatic rings. The van der Waals surface area contributed by atoms with Gasteiger partial charge >= 0.3 is 11.9 Å². The molecule has 1 aromatic carbocycles. The van der Waals surface area contributed by atoms with E-state index in [1.165, 1.54) is 32.4 Å². The standard InChI is InChI=1S/C14H19NO6S/c1-4-5-8-22(18,19)15-12-9-10(13(16)20-2)6-7-11(12)14(17)21-3/h6-7,9,15H,4-5,8H2,1-3H3. The third-order valence-corrected chi connectivity index (χ3v) is 4.24. The molecule has 0 amide bonds. The molecule has 1 N–H and O–H groups in total. The fraction of sp³-hybridized carbons (Fsp3) is 0.429. The molecule has 0 fully saturated rings. The summed E-state index contributed by atoms with van der Waals surface area (Å²) in [5, 5.41) is 0. The van der Waals surface area contributed by atoms with E-state index in [1.54, 1.807) is 0 Å². The van der Waals surface area contributed by atoms with Crippen LogP contribution in [0, 0.1) is 0 Å². The topological polar surface area (TPSA) is 98.8 Å². The molecule has 0 bridgehead atoms. The van der Waals surface area contributed by atoms with Gasteiger partial charge in [0.15, 0.2) is 0 Å². The molecule has 0 aliphatic heterocycles. The van der Waals surface area contributed by atoms with Crippen molar-refractivity contribution in [1.29, 1.82) is 0 Å².